The second-order valence-electron chi connectivity index (χ2n) is 6.89. The summed E-state index contributed by atoms with van der Waals surface area (Å²) in [6.45, 7) is 6.29. The first-order valence-electron chi connectivity index (χ1n) is 9.81. The van der Waals surface area contributed by atoms with Gasteiger partial charge in [-0.2, -0.15) is 0 Å². The van der Waals surface area contributed by atoms with Crippen molar-refractivity contribution in [1.82, 2.24) is 14.8 Å². The molecule has 0 bridgehead atoms. The Bertz CT molecular complexity index is 1120. The third kappa shape index (κ3) is 5.77. The van der Waals surface area contributed by atoms with Crippen molar-refractivity contribution in [1.29, 1.82) is 0 Å². The summed E-state index contributed by atoms with van der Waals surface area (Å²) in [7, 11) is 0. The van der Waals surface area contributed by atoms with Crippen molar-refractivity contribution < 1.29 is 14.5 Å². The molecule has 3 aromatic rings. The molecule has 1 atom stereocenters. The van der Waals surface area contributed by atoms with Gasteiger partial charge in [0.25, 0.3) is 5.69 Å². The van der Waals surface area contributed by atoms with Crippen LogP contribution in [0, 0.1) is 17.0 Å². The fourth-order valence-electron chi connectivity index (χ4n) is 2.81. The molecule has 11 heteroatoms. The number of hydrogen-bond acceptors (Lipinski definition) is 7. The van der Waals surface area contributed by atoms with Gasteiger partial charge in [0, 0.05) is 23.7 Å². The van der Waals surface area contributed by atoms with Gasteiger partial charge < -0.3 is 14.6 Å². The lowest BCUT2D eigenvalue weighted by atomic mass is 10.2. The number of ether oxygens (including phenoxy) is 1. The van der Waals surface area contributed by atoms with Gasteiger partial charge >= 0.3 is 0 Å². The lowest BCUT2D eigenvalue weighted by molar-refractivity contribution is -0.384. The molecule has 0 fully saturated rings. The number of aryl methyl sites for hydroxylation is 1. The number of aromatic nitrogens is 3. The number of thioether (sulfide) groups is 1. The van der Waals surface area contributed by atoms with Gasteiger partial charge in [0.1, 0.15) is 12.4 Å². The molecule has 0 aliphatic carbocycles. The topological polar surface area (TPSA) is 112 Å². The van der Waals surface area contributed by atoms with E-state index in [2.05, 4.69) is 15.5 Å². The van der Waals surface area contributed by atoms with Crippen LogP contribution in [0.2, 0.25) is 5.02 Å². The summed E-state index contributed by atoms with van der Waals surface area (Å²) in [4.78, 5) is 23.2. The number of nitro groups is 1. The first-order valence-corrected chi connectivity index (χ1v) is 11.1. The molecule has 0 aliphatic rings. The van der Waals surface area contributed by atoms with E-state index in [-0.39, 0.29) is 18.2 Å². The molecule has 0 unspecified atom stereocenters. The molecule has 0 saturated heterocycles. The van der Waals surface area contributed by atoms with Crippen molar-refractivity contribution in [2.45, 2.75) is 44.3 Å². The number of benzene rings is 2. The van der Waals surface area contributed by atoms with Gasteiger partial charge in [0.15, 0.2) is 11.0 Å². The Balaban J connectivity index is 1.66. The molecule has 1 amide bonds. The van der Waals surface area contributed by atoms with Gasteiger partial charge in [-0.3, -0.25) is 14.9 Å². The second kappa shape index (κ2) is 10.5. The highest BCUT2D eigenvalue weighted by Gasteiger charge is 2.21. The largest absolute Gasteiger partial charge is 0.486 e. The molecule has 3 rings (SSSR count). The molecule has 9 nitrogen and oxygen atoms in total. The third-order valence-electron chi connectivity index (χ3n) is 4.63. The van der Waals surface area contributed by atoms with Crippen LogP contribution in [0.1, 0.15) is 25.2 Å². The zero-order valence-corrected chi connectivity index (χ0v) is 19.3. The van der Waals surface area contributed by atoms with Gasteiger partial charge in [0.2, 0.25) is 5.91 Å². The highest BCUT2D eigenvalue weighted by atomic mass is 35.5. The predicted molar refractivity (Wildman–Crippen MR) is 123 cm³/mol. The van der Waals surface area contributed by atoms with Crippen LogP contribution in [0.3, 0.4) is 0 Å². The van der Waals surface area contributed by atoms with Gasteiger partial charge in [-0.05, 0) is 50.6 Å². The molecule has 2 aromatic carbocycles. The van der Waals surface area contributed by atoms with E-state index >= 15 is 0 Å². The van der Waals surface area contributed by atoms with Crippen LogP contribution in [-0.2, 0) is 17.9 Å². The summed E-state index contributed by atoms with van der Waals surface area (Å²) in [6, 6.07) is 11.4. The van der Waals surface area contributed by atoms with Crippen LogP contribution in [0.25, 0.3) is 0 Å². The van der Waals surface area contributed by atoms with Crippen LogP contribution in [0.15, 0.2) is 47.6 Å². The maximum absolute atomic E-state index is 12.7. The molecule has 0 radical (unpaired) electrons. The summed E-state index contributed by atoms with van der Waals surface area (Å²) in [5, 5.41) is 22.9. The van der Waals surface area contributed by atoms with Crippen molar-refractivity contribution in [3.63, 3.8) is 0 Å². The fraction of sp³-hybridized carbons (Fsp3) is 0.286. The van der Waals surface area contributed by atoms with Crippen LogP contribution < -0.4 is 10.1 Å². The molecular formula is C21H22ClN5O4S. The molecule has 1 aromatic heterocycles. The van der Waals surface area contributed by atoms with E-state index in [0.717, 1.165) is 5.56 Å². The Kier molecular flexibility index (Phi) is 7.70. The van der Waals surface area contributed by atoms with Crippen molar-refractivity contribution in [3.8, 4) is 5.75 Å². The minimum absolute atomic E-state index is 0.0812. The van der Waals surface area contributed by atoms with Crippen molar-refractivity contribution in [3.05, 3.63) is 69.0 Å². The highest BCUT2D eigenvalue weighted by Crippen LogP contribution is 2.26. The lowest BCUT2D eigenvalue weighted by Gasteiger charge is -2.14. The van der Waals surface area contributed by atoms with Crippen LogP contribution >= 0.6 is 23.4 Å². The first-order chi connectivity index (χ1) is 15.3. The molecule has 1 N–H and O–H groups in total. The van der Waals surface area contributed by atoms with Crippen LogP contribution in [-0.4, -0.2) is 30.8 Å². The van der Waals surface area contributed by atoms with E-state index < -0.39 is 10.2 Å². The number of rotatable bonds is 9. The number of hydrogen-bond donors (Lipinski definition) is 1. The minimum atomic E-state index is -0.506. The molecular weight excluding hydrogens is 454 g/mol. The molecule has 0 aliphatic heterocycles. The molecule has 168 valence electrons. The Morgan fingerprint density at radius 2 is 2.00 bits per heavy atom. The third-order valence-corrected chi connectivity index (χ3v) is 5.96. The summed E-state index contributed by atoms with van der Waals surface area (Å²) < 4.78 is 7.63. The average Bonchev–Trinajstić information content (AvgIpc) is 3.15. The maximum atomic E-state index is 12.7. The average molecular weight is 476 g/mol. The number of nitro benzene ring substituents is 1. The number of amides is 1. The number of nitrogens with zero attached hydrogens (tertiary/aromatic N) is 4. The maximum Gasteiger partial charge on any atom is 0.271 e. The Labute approximate surface area is 194 Å². The number of halogens is 1. The summed E-state index contributed by atoms with van der Waals surface area (Å²) in [5.74, 6) is 1.00. The quantitative estimate of drug-likeness (QED) is 0.267. The van der Waals surface area contributed by atoms with Crippen LogP contribution in [0.4, 0.5) is 11.4 Å². The van der Waals surface area contributed by atoms with Gasteiger partial charge in [0.05, 0.1) is 15.9 Å². The van der Waals surface area contributed by atoms with Crippen LogP contribution in [0.5, 0.6) is 5.75 Å². The smallest absolute Gasteiger partial charge is 0.271 e. The lowest BCUT2D eigenvalue weighted by Crippen LogP contribution is -2.23. The standard InChI is InChI=1S/C21H22ClN5O4S/c1-4-26-19(12-31-17-9-6-15(22)7-10-17)24-25-21(26)32-14(3)20(28)23-18-11-16(27(29)30)8-5-13(18)2/h5-11,14H,4,12H2,1-3H3,(H,23,28)/t14-/m1/s1. The van der Waals surface area contributed by atoms with E-state index in [1.54, 1.807) is 44.2 Å². The zero-order valence-electron chi connectivity index (χ0n) is 17.7. The fourth-order valence-corrected chi connectivity index (χ4v) is 3.87. The van der Waals surface area contributed by atoms with E-state index in [4.69, 9.17) is 16.3 Å². The zero-order chi connectivity index (χ0) is 23.3. The van der Waals surface area contributed by atoms with Gasteiger partial charge in [-0.25, -0.2) is 0 Å². The summed E-state index contributed by atoms with van der Waals surface area (Å²) in [6.07, 6.45) is 0. The number of non-ortho nitro benzene ring substituents is 1. The van der Waals surface area contributed by atoms with Crippen molar-refractivity contribution in [2.75, 3.05) is 5.32 Å². The predicted octanol–water partition coefficient (Wildman–Crippen LogP) is 4.87. The van der Waals surface area contributed by atoms with E-state index in [9.17, 15) is 14.9 Å². The molecule has 1 heterocycles. The van der Waals surface area contributed by atoms with Gasteiger partial charge in [-0.15, -0.1) is 10.2 Å². The number of nitrogens with one attached hydrogen (secondary N) is 1. The molecule has 0 saturated carbocycles. The van der Waals surface area contributed by atoms with Gasteiger partial charge in [-0.1, -0.05) is 29.4 Å². The van der Waals surface area contributed by atoms with Crippen molar-refractivity contribution >= 4 is 40.6 Å². The van der Waals surface area contributed by atoms with E-state index in [1.165, 1.54) is 23.9 Å². The monoisotopic (exact) mass is 475 g/mol. The number of anilines is 1. The number of carbonyl (C=O) groups excluding carboxylic acids is 1. The molecule has 32 heavy (non-hydrogen) atoms. The Morgan fingerprint density at radius 1 is 1.28 bits per heavy atom. The second-order valence-corrected chi connectivity index (χ2v) is 8.64. The first kappa shape index (κ1) is 23.6. The Hall–Kier alpha value is -3.11. The molecule has 0 spiro atoms. The summed E-state index contributed by atoms with van der Waals surface area (Å²) in [5.41, 5.74) is 1.06. The van der Waals surface area contributed by atoms with E-state index in [0.29, 0.717) is 34.0 Å². The highest BCUT2D eigenvalue weighted by molar-refractivity contribution is 8.00. The Morgan fingerprint density at radius 3 is 2.66 bits per heavy atom. The van der Waals surface area contributed by atoms with E-state index in [1.807, 2.05) is 11.5 Å². The number of carbonyl (C=O) groups is 1. The SMILES string of the molecule is CCn1c(COc2ccc(Cl)cc2)nnc1S[C@H](C)C(=O)Nc1cc([N+](=O)[O-])ccc1C. The van der Waals surface area contributed by atoms with Crippen molar-refractivity contribution in [2.24, 2.45) is 0 Å². The minimum Gasteiger partial charge on any atom is -0.486 e. The summed E-state index contributed by atoms with van der Waals surface area (Å²) >= 11 is 7.14. The normalized spacial score (nSPS) is 11.8.